The van der Waals surface area contributed by atoms with E-state index in [1.54, 1.807) is 47.5 Å². The average molecular weight is 796 g/mol. The molecule has 2 aromatic carbocycles. The van der Waals surface area contributed by atoms with Crippen LogP contribution in [0.25, 0.3) is 0 Å². The number of aryl methyl sites for hydroxylation is 2. The van der Waals surface area contributed by atoms with Crippen molar-refractivity contribution in [1.29, 1.82) is 0 Å². The highest BCUT2D eigenvalue weighted by molar-refractivity contribution is 8.00. The second kappa shape index (κ2) is 18.1. The first kappa shape index (κ1) is 40.7. The lowest BCUT2D eigenvalue weighted by atomic mass is 9.98. The third kappa shape index (κ3) is 10.5. The highest BCUT2D eigenvalue weighted by Gasteiger charge is 2.25. The van der Waals surface area contributed by atoms with E-state index in [1.165, 1.54) is 19.2 Å². The van der Waals surface area contributed by atoms with Gasteiger partial charge in [0.15, 0.2) is 0 Å². The summed E-state index contributed by atoms with van der Waals surface area (Å²) in [4.78, 5) is 48.8. The Balaban J connectivity index is 0.000000228. The standard InChI is InChI=1S/C17H20N4O4S.C15H15ClFN3O3S2.CH4/c1-11-7-12(2)19-16(18-11)20-17(22)21-26(23,24)15-6-4-3-5-14(15)8-13-9-25-10-13;1-23-13(21)8-24-12-7-11(10(17)6-9(12)16)18-14-19-4-2-3-5-20(19)15(22)25-14;/h3-7,13H,8-10H2,1-2H3,(H2,18,19,20,21,22);6-7H,2-5,8H2,1H3;1H4. The van der Waals surface area contributed by atoms with Crippen molar-refractivity contribution in [3.8, 4) is 0 Å². The molecule has 0 bridgehead atoms. The predicted molar refractivity (Wildman–Crippen MR) is 197 cm³/mol. The lowest BCUT2D eigenvalue weighted by Gasteiger charge is -2.26. The Bertz CT molecular complexity index is 2150. The van der Waals surface area contributed by atoms with E-state index in [-0.39, 0.29) is 39.6 Å². The van der Waals surface area contributed by atoms with E-state index < -0.39 is 27.8 Å². The maximum absolute atomic E-state index is 14.3. The van der Waals surface area contributed by atoms with Crippen molar-refractivity contribution in [2.45, 2.75) is 63.4 Å². The number of halogens is 2. The van der Waals surface area contributed by atoms with E-state index in [2.05, 4.69) is 25.0 Å². The average Bonchev–Trinajstić information content (AvgIpc) is 3.37. The minimum atomic E-state index is -4.02. The fourth-order valence-electron chi connectivity index (χ4n) is 5.16. The van der Waals surface area contributed by atoms with Crippen molar-refractivity contribution in [3.05, 3.63) is 84.7 Å². The Morgan fingerprint density at radius 2 is 1.79 bits per heavy atom. The SMILES string of the molecule is C.COC(=O)CSc1cc(N=c2sc(=O)n3n2CCCC3)c(F)cc1Cl.Cc1cc(C)nc(NC(=O)NS(=O)(=O)c2ccccc2CC2COC2)n1. The lowest BCUT2D eigenvalue weighted by molar-refractivity contribution is -0.137. The zero-order valence-electron chi connectivity index (χ0n) is 27.9. The van der Waals surface area contributed by atoms with Crippen LogP contribution < -0.4 is 19.7 Å². The van der Waals surface area contributed by atoms with Crippen molar-refractivity contribution in [2.75, 3.05) is 31.4 Å². The van der Waals surface area contributed by atoms with Gasteiger partial charge in [-0.05, 0) is 74.3 Å². The first-order chi connectivity index (χ1) is 24.3. The summed E-state index contributed by atoms with van der Waals surface area (Å²) in [5.74, 6) is -0.577. The van der Waals surface area contributed by atoms with Gasteiger partial charge in [-0.25, -0.2) is 42.0 Å². The van der Waals surface area contributed by atoms with E-state index in [9.17, 15) is 27.2 Å². The van der Waals surface area contributed by atoms with Gasteiger partial charge in [-0.2, -0.15) is 0 Å². The van der Waals surface area contributed by atoms with Gasteiger partial charge in [-0.1, -0.05) is 37.2 Å². The number of anilines is 1. The largest absolute Gasteiger partial charge is 0.468 e. The van der Waals surface area contributed by atoms with E-state index in [1.807, 2.05) is 4.72 Å². The van der Waals surface area contributed by atoms with E-state index in [0.717, 1.165) is 42.0 Å². The van der Waals surface area contributed by atoms with Gasteiger partial charge in [0.25, 0.3) is 10.0 Å². The van der Waals surface area contributed by atoms with Crippen LogP contribution in [0.2, 0.25) is 5.02 Å². The molecule has 0 saturated carbocycles. The number of hydrogen-bond donors (Lipinski definition) is 2. The summed E-state index contributed by atoms with van der Waals surface area (Å²) in [6.45, 7) is 6.08. The topological polar surface area (TPSA) is 176 Å². The monoisotopic (exact) mass is 795 g/mol. The third-order valence-corrected chi connectivity index (χ3v) is 11.3. The van der Waals surface area contributed by atoms with Gasteiger partial charge >= 0.3 is 16.9 Å². The van der Waals surface area contributed by atoms with Gasteiger partial charge < -0.3 is 9.47 Å². The number of methoxy groups -OCH3 is 1. The van der Waals surface area contributed by atoms with Crippen LogP contribution in [0.3, 0.4) is 0 Å². The van der Waals surface area contributed by atoms with Crippen molar-refractivity contribution in [1.82, 2.24) is 24.1 Å². The van der Waals surface area contributed by atoms with E-state index in [0.29, 0.717) is 65.3 Å². The molecule has 4 heterocycles. The zero-order valence-corrected chi connectivity index (χ0v) is 31.1. The second-order valence-corrected chi connectivity index (χ2v) is 15.6. The number of nitrogens with zero attached hydrogens (tertiary/aromatic N) is 5. The molecule has 0 atom stereocenters. The number of fused-ring (bicyclic) bond motifs is 1. The van der Waals surface area contributed by atoms with Gasteiger partial charge in [0.1, 0.15) is 11.5 Å². The summed E-state index contributed by atoms with van der Waals surface area (Å²) in [7, 11) is -2.72. The van der Waals surface area contributed by atoms with Gasteiger partial charge in [0.2, 0.25) is 10.7 Å². The van der Waals surface area contributed by atoms with Crippen LogP contribution >= 0.6 is 34.7 Å². The molecule has 0 spiro atoms. The number of rotatable bonds is 9. The molecule has 2 aromatic heterocycles. The van der Waals surface area contributed by atoms with E-state index in [4.69, 9.17) is 16.3 Å². The summed E-state index contributed by atoms with van der Waals surface area (Å²) in [6.07, 6.45) is 2.48. The molecule has 52 heavy (non-hydrogen) atoms. The van der Waals surface area contributed by atoms with Crippen molar-refractivity contribution >= 4 is 68.4 Å². The molecule has 1 fully saturated rings. The van der Waals surface area contributed by atoms with Crippen molar-refractivity contribution in [3.63, 3.8) is 0 Å². The molecule has 2 amide bonds. The molecule has 19 heteroatoms. The second-order valence-electron chi connectivity index (χ2n) is 11.6. The smallest absolute Gasteiger partial charge is 0.335 e. The number of nitrogens with one attached hydrogen (secondary N) is 2. The van der Waals surface area contributed by atoms with Crippen molar-refractivity contribution < 1.29 is 31.9 Å². The molecule has 14 nitrogen and oxygen atoms in total. The van der Waals surface area contributed by atoms with Crippen molar-refractivity contribution in [2.24, 2.45) is 10.9 Å². The van der Waals surface area contributed by atoms with Crippen LogP contribution in [0, 0.1) is 25.6 Å². The minimum absolute atomic E-state index is 0. The molecule has 2 N–H and O–H groups in total. The predicted octanol–water partition coefficient (Wildman–Crippen LogP) is 5.22. The van der Waals surface area contributed by atoms with Gasteiger partial charge in [0, 0.05) is 35.3 Å². The summed E-state index contributed by atoms with van der Waals surface area (Å²) >= 11 is 8.17. The molecule has 280 valence electrons. The Morgan fingerprint density at radius 1 is 1.12 bits per heavy atom. The first-order valence-corrected chi connectivity index (χ1v) is 19.3. The molecule has 0 aliphatic carbocycles. The normalized spacial score (nSPS) is 14.2. The highest BCUT2D eigenvalue weighted by Crippen LogP contribution is 2.33. The minimum Gasteiger partial charge on any atom is -0.468 e. The number of urea groups is 1. The third-order valence-electron chi connectivity index (χ3n) is 7.59. The molecule has 1 saturated heterocycles. The van der Waals surface area contributed by atoms with Crippen LogP contribution in [-0.2, 0) is 43.8 Å². The first-order valence-electron chi connectivity index (χ1n) is 15.7. The van der Waals surface area contributed by atoms with E-state index >= 15 is 0 Å². The number of sulfonamides is 1. The number of hydrogen-bond acceptors (Lipinski definition) is 12. The highest BCUT2D eigenvalue weighted by atomic mass is 35.5. The fourth-order valence-corrected chi connectivity index (χ4v) is 8.31. The van der Waals surface area contributed by atoms with Gasteiger partial charge in [-0.15, -0.1) is 11.8 Å². The van der Waals surface area contributed by atoms with Gasteiger partial charge in [0.05, 0.1) is 36.0 Å². The maximum atomic E-state index is 14.3. The molecule has 4 aromatic rings. The number of aromatic nitrogens is 4. The van der Waals surface area contributed by atoms with Gasteiger partial charge in [-0.3, -0.25) is 19.6 Å². The Morgan fingerprint density at radius 3 is 2.44 bits per heavy atom. The Hall–Kier alpha value is -4.10. The number of benzene rings is 2. The number of ether oxygens (including phenoxy) is 2. The number of carbonyl (C=O) groups is 2. The zero-order chi connectivity index (χ0) is 36.7. The Kier molecular flexibility index (Phi) is 14.1. The number of esters is 1. The number of amides is 2. The Labute approximate surface area is 313 Å². The molecular formula is C33H39ClFN7O7S3. The summed E-state index contributed by atoms with van der Waals surface area (Å²) < 4.78 is 54.7. The molecule has 0 unspecified atom stereocenters. The van der Waals surface area contributed by atoms with Crippen LogP contribution in [-0.4, -0.2) is 65.8 Å². The van der Waals surface area contributed by atoms with Crippen LogP contribution in [0.4, 0.5) is 20.8 Å². The molecule has 6 rings (SSSR count). The summed E-state index contributed by atoms with van der Waals surface area (Å²) in [5, 5.41) is 2.56. The summed E-state index contributed by atoms with van der Waals surface area (Å²) in [5.41, 5.74) is 2.08. The number of carbonyl (C=O) groups excluding carboxylic acids is 2. The summed E-state index contributed by atoms with van der Waals surface area (Å²) in [6, 6.07) is 10.1. The quantitative estimate of drug-likeness (QED) is 0.169. The molecule has 0 radical (unpaired) electrons. The van der Waals surface area contributed by atoms with Crippen LogP contribution in [0.15, 0.2) is 62.0 Å². The lowest BCUT2D eigenvalue weighted by Crippen LogP contribution is -2.36. The maximum Gasteiger partial charge on any atom is 0.335 e. The molecular weight excluding hydrogens is 757 g/mol. The number of thioether (sulfide) groups is 1. The van der Waals surface area contributed by atoms with Crippen LogP contribution in [0.5, 0.6) is 0 Å². The fraction of sp³-hybridized carbons (Fsp3) is 0.394. The van der Waals surface area contributed by atoms with Crippen LogP contribution in [0.1, 0.15) is 37.2 Å². The molecule has 2 aliphatic heterocycles. The molecule has 2 aliphatic rings.